The van der Waals surface area contributed by atoms with Crippen molar-refractivity contribution in [3.8, 4) is 5.75 Å². The molecule has 0 saturated heterocycles. The zero-order valence-corrected chi connectivity index (χ0v) is 15.2. The smallest absolute Gasteiger partial charge is 0.198 e. The lowest BCUT2D eigenvalue weighted by atomic mass is 9.94. The zero-order chi connectivity index (χ0) is 17.0. The maximum atomic E-state index is 6.49. The molecule has 3 nitrogen and oxygen atoms in total. The molecule has 0 N–H and O–H groups in total. The summed E-state index contributed by atoms with van der Waals surface area (Å²) in [6, 6.07) is 14.3. The average molecular weight is 373 g/mol. The predicted octanol–water partition coefficient (Wildman–Crippen LogP) is 5.81. The first-order valence-electron chi connectivity index (χ1n) is 8.76. The molecule has 0 bridgehead atoms. The first-order valence-corrected chi connectivity index (χ1v) is 9.52. The second-order valence-electron chi connectivity index (χ2n) is 7.04. The van der Waals surface area contributed by atoms with Crippen LogP contribution in [0.3, 0.4) is 0 Å². The molecular weight excluding hydrogens is 355 g/mol. The summed E-state index contributed by atoms with van der Waals surface area (Å²) in [7, 11) is 0. The van der Waals surface area contributed by atoms with Gasteiger partial charge in [0.1, 0.15) is 5.75 Å². The van der Waals surface area contributed by atoms with Gasteiger partial charge in [-0.25, -0.2) is 5.01 Å². The molecule has 3 aliphatic rings. The lowest BCUT2D eigenvalue weighted by molar-refractivity contribution is -0.114. The topological polar surface area (TPSA) is 24.8 Å². The minimum atomic E-state index is -0.369. The van der Waals surface area contributed by atoms with Crippen LogP contribution in [-0.4, -0.2) is 16.4 Å². The summed E-state index contributed by atoms with van der Waals surface area (Å²) >= 11 is 12.8. The molecule has 0 aromatic heterocycles. The molecule has 2 aliphatic heterocycles. The Labute approximate surface area is 157 Å². The van der Waals surface area contributed by atoms with E-state index in [4.69, 9.17) is 33.0 Å². The largest absolute Gasteiger partial charge is 0.465 e. The maximum Gasteiger partial charge on any atom is 0.198 e. The standard InChI is InChI=1S/C20H18Cl2N2O/c21-14-10-15-18-12-17(13-6-2-1-3-7-13)23-24(18)20(8-4-5-9-20)25-19(15)16(22)11-14/h1-3,6-7,10-11,18H,4-5,8-9,12H2. The van der Waals surface area contributed by atoms with Crippen molar-refractivity contribution in [1.29, 1.82) is 0 Å². The lowest BCUT2D eigenvalue weighted by Gasteiger charge is -2.46. The molecule has 0 radical (unpaired) electrons. The highest BCUT2D eigenvalue weighted by molar-refractivity contribution is 6.35. The molecule has 128 valence electrons. The maximum absolute atomic E-state index is 6.49. The van der Waals surface area contributed by atoms with Crippen LogP contribution in [0.2, 0.25) is 10.0 Å². The molecular formula is C20H18Cl2N2O. The monoisotopic (exact) mass is 372 g/mol. The van der Waals surface area contributed by atoms with Crippen molar-refractivity contribution >= 4 is 28.9 Å². The third kappa shape index (κ3) is 2.37. The van der Waals surface area contributed by atoms with Crippen molar-refractivity contribution in [2.24, 2.45) is 5.10 Å². The third-order valence-electron chi connectivity index (χ3n) is 5.51. The van der Waals surface area contributed by atoms with Crippen LogP contribution in [0.1, 0.15) is 49.3 Å². The Balaban J connectivity index is 1.65. The molecule has 25 heavy (non-hydrogen) atoms. The van der Waals surface area contributed by atoms with Gasteiger partial charge in [-0.1, -0.05) is 53.5 Å². The molecule has 1 atom stereocenters. The number of halogens is 2. The summed E-state index contributed by atoms with van der Waals surface area (Å²) in [5.74, 6) is 0.790. The van der Waals surface area contributed by atoms with E-state index in [9.17, 15) is 0 Å². The van der Waals surface area contributed by atoms with Crippen LogP contribution >= 0.6 is 23.2 Å². The van der Waals surface area contributed by atoms with E-state index in [1.807, 2.05) is 12.1 Å². The molecule has 1 spiro atoms. The summed E-state index contributed by atoms with van der Waals surface area (Å²) in [5.41, 5.74) is 2.94. The quantitative estimate of drug-likeness (QED) is 0.630. The first-order chi connectivity index (χ1) is 12.2. The van der Waals surface area contributed by atoms with Crippen LogP contribution in [0.4, 0.5) is 0 Å². The summed E-state index contributed by atoms with van der Waals surface area (Å²) in [5, 5.41) is 8.44. The number of rotatable bonds is 1. The van der Waals surface area contributed by atoms with Crippen LogP contribution in [0, 0.1) is 0 Å². The molecule has 1 fully saturated rings. The second kappa shape index (κ2) is 5.65. The van der Waals surface area contributed by atoms with Crippen LogP contribution in [-0.2, 0) is 0 Å². The van der Waals surface area contributed by atoms with E-state index < -0.39 is 0 Å². The fourth-order valence-electron chi connectivity index (χ4n) is 4.36. The van der Waals surface area contributed by atoms with Gasteiger partial charge in [0, 0.05) is 29.8 Å². The molecule has 5 heteroatoms. The van der Waals surface area contributed by atoms with Gasteiger partial charge in [0.05, 0.1) is 16.8 Å². The molecule has 2 aromatic rings. The Morgan fingerprint density at radius 3 is 2.60 bits per heavy atom. The predicted molar refractivity (Wildman–Crippen MR) is 100 cm³/mol. The Kier molecular flexibility index (Phi) is 3.51. The van der Waals surface area contributed by atoms with Crippen LogP contribution in [0.15, 0.2) is 47.6 Å². The molecule has 1 saturated carbocycles. The second-order valence-corrected chi connectivity index (χ2v) is 7.88. The van der Waals surface area contributed by atoms with Crippen LogP contribution in [0.5, 0.6) is 5.75 Å². The molecule has 1 unspecified atom stereocenters. The number of ether oxygens (including phenoxy) is 1. The average Bonchev–Trinajstić information content (AvgIpc) is 3.26. The summed E-state index contributed by atoms with van der Waals surface area (Å²) in [4.78, 5) is 0. The van der Waals surface area contributed by atoms with E-state index in [0.717, 1.165) is 49.1 Å². The summed E-state index contributed by atoms with van der Waals surface area (Å²) in [6.45, 7) is 0. The molecule has 0 amide bonds. The number of hydrogen-bond donors (Lipinski definition) is 0. The minimum absolute atomic E-state index is 0.133. The number of hydrazone groups is 1. The molecule has 2 heterocycles. The van der Waals surface area contributed by atoms with Crippen molar-refractivity contribution in [2.45, 2.75) is 43.9 Å². The lowest BCUT2D eigenvalue weighted by Crippen LogP contribution is -2.51. The Hall–Kier alpha value is -1.71. The van der Waals surface area contributed by atoms with E-state index in [-0.39, 0.29) is 11.8 Å². The van der Waals surface area contributed by atoms with Gasteiger partial charge in [-0.15, -0.1) is 0 Å². The summed E-state index contributed by atoms with van der Waals surface area (Å²) < 4.78 is 6.49. The Bertz CT molecular complexity index is 859. The van der Waals surface area contributed by atoms with Gasteiger partial charge in [-0.05, 0) is 30.5 Å². The van der Waals surface area contributed by atoms with Gasteiger partial charge >= 0.3 is 0 Å². The van der Waals surface area contributed by atoms with Crippen molar-refractivity contribution in [1.82, 2.24) is 5.01 Å². The van der Waals surface area contributed by atoms with Gasteiger partial charge in [-0.3, -0.25) is 0 Å². The Morgan fingerprint density at radius 2 is 1.84 bits per heavy atom. The SMILES string of the molecule is Clc1cc(Cl)c2c(c1)C1CC(c3ccccc3)=NN1C1(CCCC1)O2. The van der Waals surface area contributed by atoms with E-state index in [1.165, 1.54) is 5.56 Å². The normalized spacial score (nSPS) is 23.2. The summed E-state index contributed by atoms with van der Waals surface area (Å²) in [6.07, 6.45) is 5.11. The third-order valence-corrected chi connectivity index (χ3v) is 6.01. The number of nitrogens with zero attached hydrogens (tertiary/aromatic N) is 2. The fraction of sp³-hybridized carbons (Fsp3) is 0.350. The van der Waals surface area contributed by atoms with Crippen LogP contribution < -0.4 is 4.74 Å². The number of fused-ring (bicyclic) bond motifs is 4. The number of benzene rings is 2. The van der Waals surface area contributed by atoms with Crippen molar-refractivity contribution in [2.75, 3.05) is 0 Å². The van der Waals surface area contributed by atoms with Gasteiger partial charge in [0.15, 0.2) is 5.72 Å². The highest BCUT2D eigenvalue weighted by Gasteiger charge is 2.52. The Morgan fingerprint density at radius 1 is 1.08 bits per heavy atom. The minimum Gasteiger partial charge on any atom is -0.465 e. The molecule has 5 rings (SSSR count). The van der Waals surface area contributed by atoms with E-state index in [2.05, 4.69) is 29.3 Å². The van der Waals surface area contributed by atoms with Crippen molar-refractivity contribution in [3.05, 3.63) is 63.6 Å². The first kappa shape index (κ1) is 15.5. The van der Waals surface area contributed by atoms with Crippen molar-refractivity contribution < 1.29 is 4.74 Å². The van der Waals surface area contributed by atoms with E-state index in [1.54, 1.807) is 6.07 Å². The van der Waals surface area contributed by atoms with Gasteiger partial charge in [-0.2, -0.15) is 5.10 Å². The van der Waals surface area contributed by atoms with Gasteiger partial charge < -0.3 is 4.74 Å². The van der Waals surface area contributed by atoms with Gasteiger partial charge in [0.25, 0.3) is 0 Å². The molecule has 1 aliphatic carbocycles. The zero-order valence-electron chi connectivity index (χ0n) is 13.7. The van der Waals surface area contributed by atoms with E-state index in [0.29, 0.717) is 10.0 Å². The molecule has 2 aromatic carbocycles. The fourth-order valence-corrected chi connectivity index (χ4v) is 4.91. The van der Waals surface area contributed by atoms with Crippen LogP contribution in [0.25, 0.3) is 0 Å². The highest BCUT2D eigenvalue weighted by atomic mass is 35.5. The van der Waals surface area contributed by atoms with E-state index >= 15 is 0 Å². The number of hydrogen-bond acceptors (Lipinski definition) is 3. The van der Waals surface area contributed by atoms with Gasteiger partial charge in [0.2, 0.25) is 0 Å². The highest BCUT2D eigenvalue weighted by Crippen LogP contribution is 2.54. The van der Waals surface area contributed by atoms with Crippen molar-refractivity contribution in [3.63, 3.8) is 0 Å².